The van der Waals surface area contributed by atoms with E-state index in [4.69, 9.17) is 10.5 Å². The Kier molecular flexibility index (Phi) is 7.33. The summed E-state index contributed by atoms with van der Waals surface area (Å²) in [5.41, 5.74) is 11.3. The predicted molar refractivity (Wildman–Crippen MR) is 101 cm³/mol. The van der Waals surface area contributed by atoms with Crippen LogP contribution >= 0.6 is 0 Å². The Morgan fingerprint density at radius 1 is 1.26 bits per heavy atom. The van der Waals surface area contributed by atoms with Crippen molar-refractivity contribution >= 4 is 28.6 Å². The Bertz CT molecular complexity index is 771. The second-order valence-corrected chi connectivity index (χ2v) is 6.21. The number of ether oxygens (including phenoxy) is 1. The van der Waals surface area contributed by atoms with E-state index in [0.717, 1.165) is 10.9 Å². The molecule has 0 saturated heterocycles. The van der Waals surface area contributed by atoms with Gasteiger partial charge in [0.05, 0.1) is 6.10 Å². The lowest BCUT2D eigenvalue weighted by Gasteiger charge is -2.21. The van der Waals surface area contributed by atoms with E-state index >= 15 is 0 Å². The average Bonchev–Trinajstić information content (AvgIpc) is 3.08. The van der Waals surface area contributed by atoms with Gasteiger partial charge < -0.3 is 20.8 Å². The smallest absolute Gasteiger partial charge is 0.268 e. The van der Waals surface area contributed by atoms with E-state index in [1.165, 1.54) is 7.11 Å². The van der Waals surface area contributed by atoms with E-state index in [1.807, 2.05) is 24.3 Å². The summed E-state index contributed by atoms with van der Waals surface area (Å²) in [4.78, 5) is 38.7. The van der Waals surface area contributed by atoms with Crippen LogP contribution in [-0.4, -0.2) is 48.5 Å². The maximum Gasteiger partial charge on any atom is 0.268 e. The van der Waals surface area contributed by atoms with Crippen LogP contribution in [0, 0.1) is 0 Å². The molecule has 9 heteroatoms. The van der Waals surface area contributed by atoms with Gasteiger partial charge >= 0.3 is 0 Å². The number of carbonyl (C=O) groups excluding carboxylic acids is 3. The molecule has 6 N–H and O–H groups in total. The zero-order valence-corrected chi connectivity index (χ0v) is 15.4. The fourth-order valence-electron chi connectivity index (χ4n) is 2.51. The first-order chi connectivity index (χ1) is 12.9. The number of fused-ring (bicyclic) bond motifs is 1. The number of para-hydroxylation sites is 1. The number of nitrogens with one attached hydrogen (secondary N) is 4. The number of benzene rings is 1. The van der Waals surface area contributed by atoms with Crippen molar-refractivity contribution in [1.29, 1.82) is 0 Å². The summed E-state index contributed by atoms with van der Waals surface area (Å²) >= 11 is 0. The van der Waals surface area contributed by atoms with Crippen molar-refractivity contribution in [2.75, 3.05) is 13.7 Å². The van der Waals surface area contributed by atoms with Gasteiger partial charge in [-0.15, -0.1) is 0 Å². The molecule has 0 aliphatic carbocycles. The third kappa shape index (κ3) is 6.08. The van der Waals surface area contributed by atoms with E-state index in [9.17, 15) is 14.4 Å². The second kappa shape index (κ2) is 9.70. The summed E-state index contributed by atoms with van der Waals surface area (Å²) in [5, 5.41) is 3.62. The van der Waals surface area contributed by atoms with Crippen LogP contribution in [0.3, 0.4) is 0 Å². The van der Waals surface area contributed by atoms with Gasteiger partial charge in [-0.05, 0) is 19.1 Å². The van der Waals surface area contributed by atoms with Crippen molar-refractivity contribution < 1.29 is 19.1 Å². The molecular weight excluding hydrogens is 350 g/mol. The summed E-state index contributed by atoms with van der Waals surface area (Å²) in [6, 6.07) is 8.42. The van der Waals surface area contributed by atoms with Gasteiger partial charge in [-0.1, -0.05) is 18.2 Å². The SMILES string of the molecule is COC(C)C[C@H](NC(=O)c1cc2ccccc2[nH]1)C(=O)NNCCC(N)=O. The molecule has 1 heterocycles. The Morgan fingerprint density at radius 3 is 2.67 bits per heavy atom. The van der Waals surface area contributed by atoms with Crippen LogP contribution in [0.4, 0.5) is 0 Å². The van der Waals surface area contributed by atoms with Gasteiger partial charge in [0.2, 0.25) is 5.91 Å². The number of carbonyl (C=O) groups is 3. The van der Waals surface area contributed by atoms with Crippen molar-refractivity contribution in [3.05, 3.63) is 36.0 Å². The molecule has 27 heavy (non-hydrogen) atoms. The van der Waals surface area contributed by atoms with Gasteiger partial charge in [-0.2, -0.15) is 0 Å². The van der Waals surface area contributed by atoms with E-state index in [0.29, 0.717) is 5.69 Å². The summed E-state index contributed by atoms with van der Waals surface area (Å²) in [6.45, 7) is 2.00. The van der Waals surface area contributed by atoms with Gasteiger partial charge in [0.1, 0.15) is 11.7 Å². The standard InChI is InChI=1S/C18H25N5O4/c1-11(27-2)9-14(18(26)23-20-8-7-16(19)24)22-17(25)15-10-12-5-3-4-6-13(12)21-15/h3-6,10-11,14,20-21H,7-9H2,1-2H3,(H2,19,24)(H,22,25)(H,23,26)/t11?,14-/m0/s1. The minimum atomic E-state index is -0.819. The van der Waals surface area contributed by atoms with Crippen molar-refractivity contribution in [3.8, 4) is 0 Å². The Hall–Kier alpha value is -2.91. The van der Waals surface area contributed by atoms with E-state index in [-0.39, 0.29) is 25.5 Å². The minimum Gasteiger partial charge on any atom is -0.382 e. The highest BCUT2D eigenvalue weighted by atomic mass is 16.5. The molecule has 0 saturated carbocycles. The molecule has 0 aliphatic rings. The lowest BCUT2D eigenvalue weighted by atomic mass is 10.1. The highest BCUT2D eigenvalue weighted by Crippen LogP contribution is 2.15. The van der Waals surface area contributed by atoms with E-state index < -0.39 is 23.8 Å². The molecule has 0 aliphatic heterocycles. The van der Waals surface area contributed by atoms with Gasteiger partial charge in [-0.25, -0.2) is 5.43 Å². The molecular formula is C18H25N5O4. The number of primary amides is 1. The summed E-state index contributed by atoms with van der Waals surface area (Å²) in [5.74, 6) is -1.31. The Morgan fingerprint density at radius 2 is 2.00 bits per heavy atom. The fourth-order valence-corrected chi connectivity index (χ4v) is 2.51. The molecule has 0 fully saturated rings. The monoisotopic (exact) mass is 375 g/mol. The normalized spacial score (nSPS) is 13.1. The lowest BCUT2D eigenvalue weighted by molar-refractivity contribution is -0.125. The molecule has 1 aromatic heterocycles. The van der Waals surface area contributed by atoms with Crippen LogP contribution in [0.15, 0.2) is 30.3 Å². The molecule has 2 rings (SSSR count). The Balaban J connectivity index is 2.02. The van der Waals surface area contributed by atoms with Crippen molar-refractivity contribution in [3.63, 3.8) is 0 Å². The van der Waals surface area contributed by atoms with Crippen molar-refractivity contribution in [2.24, 2.45) is 5.73 Å². The highest BCUT2D eigenvalue weighted by molar-refractivity contribution is 6.00. The van der Waals surface area contributed by atoms with Gasteiger partial charge in [0.25, 0.3) is 11.8 Å². The second-order valence-electron chi connectivity index (χ2n) is 6.21. The largest absolute Gasteiger partial charge is 0.382 e. The van der Waals surface area contributed by atoms with Crippen LogP contribution in [0.25, 0.3) is 10.9 Å². The van der Waals surface area contributed by atoms with Crippen LogP contribution in [0.1, 0.15) is 30.3 Å². The number of aromatic nitrogens is 1. The maximum atomic E-state index is 12.6. The summed E-state index contributed by atoms with van der Waals surface area (Å²) in [6.07, 6.45) is 0.126. The number of methoxy groups -OCH3 is 1. The van der Waals surface area contributed by atoms with Gasteiger partial charge in [0, 0.05) is 37.4 Å². The number of amides is 3. The van der Waals surface area contributed by atoms with Crippen LogP contribution in [-0.2, 0) is 14.3 Å². The first-order valence-corrected chi connectivity index (χ1v) is 8.63. The molecule has 1 aromatic carbocycles. The third-order valence-electron chi connectivity index (χ3n) is 4.07. The average molecular weight is 375 g/mol. The predicted octanol–water partition coefficient (Wildman–Crippen LogP) is 0.188. The number of hydrogen-bond donors (Lipinski definition) is 5. The number of nitrogens with two attached hydrogens (primary N) is 1. The first kappa shape index (κ1) is 20.4. The van der Waals surface area contributed by atoms with E-state index in [2.05, 4.69) is 21.2 Å². The van der Waals surface area contributed by atoms with Crippen LogP contribution in [0.2, 0.25) is 0 Å². The zero-order chi connectivity index (χ0) is 19.8. The van der Waals surface area contributed by atoms with E-state index in [1.54, 1.807) is 13.0 Å². The number of hydrazine groups is 1. The number of rotatable bonds is 10. The lowest BCUT2D eigenvalue weighted by Crippen LogP contribution is -2.52. The molecule has 1 unspecified atom stereocenters. The number of H-pyrrole nitrogens is 1. The molecule has 146 valence electrons. The minimum absolute atomic E-state index is 0.0842. The zero-order valence-electron chi connectivity index (χ0n) is 15.4. The molecule has 0 spiro atoms. The molecule has 2 aromatic rings. The first-order valence-electron chi connectivity index (χ1n) is 8.63. The van der Waals surface area contributed by atoms with Crippen molar-refractivity contribution in [2.45, 2.75) is 31.9 Å². The summed E-state index contributed by atoms with van der Waals surface area (Å²) < 4.78 is 5.20. The number of aromatic amines is 1. The van der Waals surface area contributed by atoms with Crippen molar-refractivity contribution in [1.82, 2.24) is 21.2 Å². The fraction of sp³-hybridized carbons (Fsp3) is 0.389. The topological polar surface area (TPSA) is 138 Å². The van der Waals surface area contributed by atoms with Crippen LogP contribution in [0.5, 0.6) is 0 Å². The summed E-state index contributed by atoms with van der Waals surface area (Å²) in [7, 11) is 1.53. The highest BCUT2D eigenvalue weighted by Gasteiger charge is 2.24. The number of hydrogen-bond acceptors (Lipinski definition) is 5. The van der Waals surface area contributed by atoms with Gasteiger partial charge in [0.15, 0.2) is 0 Å². The molecule has 2 atom stereocenters. The molecule has 3 amide bonds. The molecule has 9 nitrogen and oxygen atoms in total. The quantitative estimate of drug-likeness (QED) is 0.298. The maximum absolute atomic E-state index is 12.6. The van der Waals surface area contributed by atoms with Crippen LogP contribution < -0.4 is 21.9 Å². The molecule has 0 radical (unpaired) electrons. The molecule has 0 bridgehead atoms. The van der Waals surface area contributed by atoms with Gasteiger partial charge in [-0.3, -0.25) is 19.8 Å². The Labute approximate surface area is 157 Å². The third-order valence-corrected chi connectivity index (χ3v) is 4.07.